The van der Waals surface area contributed by atoms with Crippen LogP contribution in [0.5, 0.6) is 0 Å². The van der Waals surface area contributed by atoms with Gasteiger partial charge in [0.1, 0.15) is 5.82 Å². The smallest absolute Gasteiger partial charge is 0.152 e. The zero-order chi connectivity index (χ0) is 12.5. The Balaban J connectivity index is 2.30. The summed E-state index contributed by atoms with van der Waals surface area (Å²) in [5, 5.41) is 10.0. The Kier molecular flexibility index (Phi) is 3.15. The third-order valence-electron chi connectivity index (χ3n) is 3.13. The van der Waals surface area contributed by atoms with E-state index in [1.165, 1.54) is 12.1 Å². The lowest BCUT2D eigenvalue weighted by atomic mass is 9.94. The minimum Gasteiger partial charge on any atom is -0.388 e. The highest BCUT2D eigenvalue weighted by molar-refractivity contribution is 5.84. The molecule has 0 amide bonds. The predicted octanol–water partition coefficient (Wildman–Crippen LogP) is 1.99. The van der Waals surface area contributed by atoms with E-state index in [1.54, 1.807) is 13.0 Å². The van der Waals surface area contributed by atoms with E-state index < -0.39 is 11.4 Å². The number of carbonyl (C=O) groups is 1. The second kappa shape index (κ2) is 4.45. The fraction of sp³-hybridized carbons (Fsp3) is 0.462. The molecule has 2 rings (SSSR count). The number of aliphatic hydroxyl groups is 1. The summed E-state index contributed by atoms with van der Waals surface area (Å²) in [5.41, 5.74) is 0.288. The van der Waals surface area contributed by atoms with Crippen molar-refractivity contribution in [2.24, 2.45) is 0 Å². The van der Waals surface area contributed by atoms with Gasteiger partial charge in [-0.1, -0.05) is 0 Å². The standard InChI is InChI=1S/C13H16FNO2/c1-13(17)5-2-6-15(9-13)12-4-3-11(14)7-10(12)8-16/h3-4,7-8,17H,2,5-6,9H2,1H3. The van der Waals surface area contributed by atoms with Crippen LogP contribution in [0.25, 0.3) is 0 Å². The van der Waals surface area contributed by atoms with Crippen molar-refractivity contribution in [3.8, 4) is 0 Å². The van der Waals surface area contributed by atoms with E-state index >= 15 is 0 Å². The van der Waals surface area contributed by atoms with Crippen LogP contribution in [0.15, 0.2) is 18.2 Å². The molecule has 1 fully saturated rings. The Labute approximate surface area is 99.9 Å². The van der Waals surface area contributed by atoms with E-state index in [1.807, 2.05) is 4.90 Å². The Bertz CT molecular complexity index is 431. The molecule has 1 aliphatic rings. The number of anilines is 1. The molecule has 0 aliphatic carbocycles. The molecular weight excluding hydrogens is 221 g/mol. The van der Waals surface area contributed by atoms with Crippen molar-refractivity contribution in [1.82, 2.24) is 0 Å². The van der Waals surface area contributed by atoms with Gasteiger partial charge in [-0.05, 0) is 38.0 Å². The highest BCUT2D eigenvalue weighted by Crippen LogP contribution is 2.28. The van der Waals surface area contributed by atoms with E-state index in [9.17, 15) is 14.3 Å². The van der Waals surface area contributed by atoms with E-state index in [2.05, 4.69) is 0 Å². The molecule has 0 spiro atoms. The molecule has 1 unspecified atom stereocenters. The van der Waals surface area contributed by atoms with Crippen molar-refractivity contribution in [2.45, 2.75) is 25.4 Å². The molecule has 0 aromatic heterocycles. The van der Waals surface area contributed by atoms with Gasteiger partial charge in [0.25, 0.3) is 0 Å². The number of halogens is 1. The number of hydrogen-bond acceptors (Lipinski definition) is 3. The topological polar surface area (TPSA) is 40.5 Å². The van der Waals surface area contributed by atoms with Gasteiger partial charge in [0.2, 0.25) is 0 Å². The first kappa shape index (κ1) is 12.0. The Morgan fingerprint density at radius 2 is 2.29 bits per heavy atom. The monoisotopic (exact) mass is 237 g/mol. The first-order valence-electron chi connectivity index (χ1n) is 5.74. The summed E-state index contributed by atoms with van der Waals surface area (Å²) >= 11 is 0. The second-order valence-corrected chi connectivity index (χ2v) is 4.84. The number of piperidine rings is 1. The maximum absolute atomic E-state index is 13.0. The van der Waals surface area contributed by atoms with Crippen molar-refractivity contribution >= 4 is 12.0 Å². The molecule has 4 heteroatoms. The van der Waals surface area contributed by atoms with Gasteiger partial charge in [0, 0.05) is 24.3 Å². The third-order valence-corrected chi connectivity index (χ3v) is 3.13. The number of carbonyl (C=O) groups excluding carboxylic acids is 1. The fourth-order valence-corrected chi connectivity index (χ4v) is 2.33. The van der Waals surface area contributed by atoms with Gasteiger partial charge in [0.05, 0.1) is 5.60 Å². The van der Waals surface area contributed by atoms with Crippen LogP contribution < -0.4 is 4.90 Å². The van der Waals surface area contributed by atoms with E-state index in [-0.39, 0.29) is 0 Å². The number of benzene rings is 1. The summed E-state index contributed by atoms with van der Waals surface area (Å²) in [5.74, 6) is -0.417. The average molecular weight is 237 g/mol. The third kappa shape index (κ3) is 2.64. The van der Waals surface area contributed by atoms with Crippen LogP contribution in [0.3, 0.4) is 0 Å². The molecule has 0 saturated carbocycles. The molecule has 0 radical (unpaired) electrons. The molecular formula is C13H16FNO2. The SMILES string of the molecule is CC1(O)CCCN(c2ccc(F)cc2C=O)C1. The number of nitrogens with zero attached hydrogens (tertiary/aromatic N) is 1. The molecule has 1 aromatic rings. The maximum atomic E-state index is 13.0. The lowest BCUT2D eigenvalue weighted by Gasteiger charge is -2.38. The Hall–Kier alpha value is -1.42. The van der Waals surface area contributed by atoms with Gasteiger partial charge in [-0.2, -0.15) is 0 Å². The summed E-state index contributed by atoms with van der Waals surface area (Å²) in [6.07, 6.45) is 2.27. The largest absolute Gasteiger partial charge is 0.388 e. The molecule has 1 heterocycles. The highest BCUT2D eigenvalue weighted by Gasteiger charge is 2.29. The van der Waals surface area contributed by atoms with Gasteiger partial charge in [0.15, 0.2) is 6.29 Å². The Morgan fingerprint density at radius 3 is 2.94 bits per heavy atom. The van der Waals surface area contributed by atoms with Crippen LogP contribution >= 0.6 is 0 Å². The van der Waals surface area contributed by atoms with Crippen molar-refractivity contribution in [3.63, 3.8) is 0 Å². The summed E-state index contributed by atoms with van der Waals surface area (Å²) in [6.45, 7) is 3.03. The molecule has 1 atom stereocenters. The molecule has 1 saturated heterocycles. The molecule has 3 nitrogen and oxygen atoms in total. The zero-order valence-corrected chi connectivity index (χ0v) is 9.82. The van der Waals surface area contributed by atoms with E-state index in [0.29, 0.717) is 24.1 Å². The Morgan fingerprint density at radius 1 is 1.53 bits per heavy atom. The van der Waals surface area contributed by atoms with Gasteiger partial charge in [-0.3, -0.25) is 4.79 Å². The number of hydrogen-bond donors (Lipinski definition) is 1. The van der Waals surface area contributed by atoms with Gasteiger partial charge in [-0.25, -0.2) is 4.39 Å². The van der Waals surface area contributed by atoms with Crippen LogP contribution in [0.2, 0.25) is 0 Å². The van der Waals surface area contributed by atoms with Crippen molar-refractivity contribution in [1.29, 1.82) is 0 Å². The number of β-amino-alcohol motifs (C(OH)–C–C–N with tert-alkyl or cyclic N) is 1. The molecule has 17 heavy (non-hydrogen) atoms. The van der Waals surface area contributed by atoms with Crippen LogP contribution in [0, 0.1) is 5.82 Å². The molecule has 1 aromatic carbocycles. The zero-order valence-electron chi connectivity index (χ0n) is 9.82. The average Bonchev–Trinajstić information content (AvgIpc) is 2.27. The van der Waals surface area contributed by atoms with Crippen LogP contribution in [0.4, 0.5) is 10.1 Å². The maximum Gasteiger partial charge on any atom is 0.152 e. The number of aldehydes is 1. The van der Waals surface area contributed by atoms with Crippen molar-refractivity contribution in [2.75, 3.05) is 18.0 Å². The van der Waals surface area contributed by atoms with Crippen molar-refractivity contribution < 1.29 is 14.3 Å². The molecule has 1 N–H and O–H groups in total. The van der Waals surface area contributed by atoms with Gasteiger partial charge in [-0.15, -0.1) is 0 Å². The predicted molar refractivity (Wildman–Crippen MR) is 63.9 cm³/mol. The lowest BCUT2D eigenvalue weighted by Crippen LogP contribution is -2.46. The van der Waals surface area contributed by atoms with Crippen molar-refractivity contribution in [3.05, 3.63) is 29.6 Å². The van der Waals surface area contributed by atoms with Gasteiger partial charge >= 0.3 is 0 Å². The lowest BCUT2D eigenvalue weighted by molar-refractivity contribution is 0.0448. The minimum atomic E-state index is -0.743. The summed E-state index contributed by atoms with van der Waals surface area (Å²) in [4.78, 5) is 12.9. The number of rotatable bonds is 2. The fourth-order valence-electron chi connectivity index (χ4n) is 2.33. The quantitative estimate of drug-likeness (QED) is 0.800. The normalized spacial score (nSPS) is 24.8. The van der Waals surface area contributed by atoms with Gasteiger partial charge < -0.3 is 10.0 Å². The molecule has 92 valence electrons. The van der Waals surface area contributed by atoms with Crippen LogP contribution in [0.1, 0.15) is 30.1 Å². The first-order valence-corrected chi connectivity index (χ1v) is 5.74. The summed E-state index contributed by atoms with van der Waals surface area (Å²) in [6, 6.07) is 4.16. The van der Waals surface area contributed by atoms with Crippen LogP contribution in [-0.2, 0) is 0 Å². The van der Waals surface area contributed by atoms with E-state index in [4.69, 9.17) is 0 Å². The first-order chi connectivity index (χ1) is 8.02. The van der Waals surface area contributed by atoms with E-state index in [0.717, 1.165) is 19.4 Å². The summed E-state index contributed by atoms with van der Waals surface area (Å²) < 4.78 is 13.0. The highest BCUT2D eigenvalue weighted by atomic mass is 19.1. The summed E-state index contributed by atoms with van der Waals surface area (Å²) in [7, 11) is 0. The molecule has 1 aliphatic heterocycles. The molecule has 0 bridgehead atoms. The second-order valence-electron chi connectivity index (χ2n) is 4.84. The van der Waals surface area contributed by atoms with Crippen LogP contribution in [-0.4, -0.2) is 30.1 Å². The minimum absolute atomic E-state index is 0.336.